The predicted octanol–water partition coefficient (Wildman–Crippen LogP) is 2.87. The Bertz CT molecular complexity index is 1100. The lowest BCUT2D eigenvalue weighted by atomic mass is 9.98. The molecule has 1 atom stereocenters. The van der Waals surface area contributed by atoms with E-state index in [9.17, 15) is 19.5 Å². The number of benzene rings is 2. The van der Waals surface area contributed by atoms with E-state index in [0.29, 0.717) is 6.29 Å². The number of aliphatic hydroxyl groups is 1. The average molecular weight is 448 g/mol. The molecule has 8 heteroatoms. The number of nitrogens with one attached hydrogen (secondary N) is 2. The van der Waals surface area contributed by atoms with Crippen molar-refractivity contribution in [3.05, 3.63) is 83.8 Å². The summed E-state index contributed by atoms with van der Waals surface area (Å²) in [4.78, 5) is 36.2. The lowest BCUT2D eigenvalue weighted by molar-refractivity contribution is -0.115. The summed E-state index contributed by atoms with van der Waals surface area (Å²) < 4.78 is 10.5. The highest BCUT2D eigenvalue weighted by molar-refractivity contribution is 5.91. The molecular weight excluding hydrogens is 424 g/mol. The van der Waals surface area contributed by atoms with E-state index >= 15 is 0 Å². The molecule has 1 aliphatic rings. The molecule has 8 nitrogen and oxygen atoms in total. The fourth-order valence-corrected chi connectivity index (χ4v) is 4.04. The quantitative estimate of drug-likeness (QED) is 0.433. The molecule has 4 rings (SSSR count). The predicted molar refractivity (Wildman–Crippen MR) is 120 cm³/mol. The van der Waals surface area contributed by atoms with Crippen LogP contribution in [0.5, 0.6) is 0 Å². The Balaban J connectivity index is 1.36. The van der Waals surface area contributed by atoms with E-state index < -0.39 is 24.1 Å². The standard InChI is InChI=1S/C25H24N2O6/c28-15-25(16-29,11-12-26-23(30)22-10-5-13-32-22)27-24(31)33-14-21-19-8-3-1-6-17(19)18-7-2-4-9-20(18)21/h1-10,13,15,21,29H,11-12,14,16H2,(H,26,30)(H,27,31)/t25-/m0/s1. The molecule has 2 amide bonds. The minimum atomic E-state index is -1.58. The van der Waals surface area contributed by atoms with E-state index in [0.717, 1.165) is 22.3 Å². The second kappa shape index (κ2) is 9.70. The van der Waals surface area contributed by atoms with Gasteiger partial charge in [0.2, 0.25) is 0 Å². The molecule has 0 spiro atoms. The third-order valence-corrected chi connectivity index (χ3v) is 5.80. The Hall–Kier alpha value is -3.91. The molecule has 0 fully saturated rings. The van der Waals surface area contributed by atoms with Crippen molar-refractivity contribution >= 4 is 18.3 Å². The average Bonchev–Trinajstić information content (AvgIpc) is 3.49. The van der Waals surface area contributed by atoms with E-state index in [-0.39, 0.29) is 31.3 Å². The minimum absolute atomic E-state index is 0.0242. The summed E-state index contributed by atoms with van der Waals surface area (Å²) in [6.45, 7) is -0.532. The molecule has 0 radical (unpaired) electrons. The Labute approximate surface area is 190 Å². The van der Waals surface area contributed by atoms with Gasteiger partial charge >= 0.3 is 6.09 Å². The van der Waals surface area contributed by atoms with Gasteiger partial charge in [-0.05, 0) is 40.8 Å². The monoisotopic (exact) mass is 448 g/mol. The van der Waals surface area contributed by atoms with Crippen molar-refractivity contribution in [2.45, 2.75) is 17.9 Å². The Kier molecular flexibility index (Phi) is 6.55. The van der Waals surface area contributed by atoms with E-state index in [1.54, 1.807) is 6.07 Å². The molecule has 1 aromatic heterocycles. The largest absolute Gasteiger partial charge is 0.459 e. The summed E-state index contributed by atoms with van der Waals surface area (Å²) >= 11 is 0. The first-order valence-corrected chi connectivity index (χ1v) is 10.6. The van der Waals surface area contributed by atoms with E-state index in [4.69, 9.17) is 9.15 Å². The second-order valence-electron chi connectivity index (χ2n) is 7.87. The van der Waals surface area contributed by atoms with Crippen LogP contribution >= 0.6 is 0 Å². The highest BCUT2D eigenvalue weighted by Gasteiger charge is 2.33. The molecule has 2 aromatic carbocycles. The summed E-state index contributed by atoms with van der Waals surface area (Å²) in [7, 11) is 0. The van der Waals surface area contributed by atoms with Crippen molar-refractivity contribution in [1.29, 1.82) is 0 Å². The lowest BCUT2D eigenvalue weighted by Crippen LogP contribution is -2.54. The number of hydrogen-bond acceptors (Lipinski definition) is 6. The van der Waals surface area contributed by atoms with Gasteiger partial charge in [-0.1, -0.05) is 48.5 Å². The van der Waals surface area contributed by atoms with Crippen molar-refractivity contribution in [2.24, 2.45) is 0 Å². The highest BCUT2D eigenvalue weighted by Crippen LogP contribution is 2.44. The number of carbonyl (C=O) groups excluding carboxylic acids is 3. The van der Waals surface area contributed by atoms with Gasteiger partial charge in [0.05, 0.1) is 12.9 Å². The zero-order valence-electron chi connectivity index (χ0n) is 17.8. The van der Waals surface area contributed by atoms with Gasteiger partial charge in [-0.25, -0.2) is 4.79 Å². The molecular formula is C25H24N2O6. The first-order chi connectivity index (χ1) is 16.1. The second-order valence-corrected chi connectivity index (χ2v) is 7.87. The van der Waals surface area contributed by atoms with Crippen molar-refractivity contribution in [3.8, 4) is 11.1 Å². The first kappa shape index (κ1) is 22.3. The number of ether oxygens (including phenoxy) is 1. The van der Waals surface area contributed by atoms with Crippen LogP contribution in [0.25, 0.3) is 11.1 Å². The van der Waals surface area contributed by atoms with Crippen LogP contribution in [0.2, 0.25) is 0 Å². The van der Waals surface area contributed by atoms with Gasteiger partial charge in [0, 0.05) is 12.5 Å². The molecule has 0 saturated heterocycles. The smallest absolute Gasteiger partial charge is 0.408 e. The number of alkyl carbamates (subject to hydrolysis) is 1. The normalized spacial score (nSPS) is 14.0. The lowest BCUT2D eigenvalue weighted by Gasteiger charge is -2.27. The highest BCUT2D eigenvalue weighted by atomic mass is 16.5. The number of fused-ring (bicyclic) bond motifs is 3. The van der Waals surface area contributed by atoms with E-state index in [2.05, 4.69) is 10.6 Å². The van der Waals surface area contributed by atoms with Crippen LogP contribution in [0.3, 0.4) is 0 Å². The number of furan rings is 1. The van der Waals surface area contributed by atoms with Crippen molar-refractivity contribution < 1.29 is 28.6 Å². The molecule has 1 heterocycles. The maximum atomic E-state index is 12.5. The molecule has 170 valence electrons. The number of carbonyl (C=O) groups is 3. The van der Waals surface area contributed by atoms with Crippen LogP contribution in [0, 0.1) is 0 Å². The first-order valence-electron chi connectivity index (χ1n) is 10.6. The number of hydrogen-bond donors (Lipinski definition) is 3. The third kappa shape index (κ3) is 4.65. The van der Waals surface area contributed by atoms with Gasteiger partial charge in [-0.3, -0.25) is 4.79 Å². The van der Waals surface area contributed by atoms with Gasteiger partial charge in [0.15, 0.2) is 5.76 Å². The number of rotatable bonds is 9. The molecule has 0 saturated carbocycles. The molecule has 0 bridgehead atoms. The van der Waals surface area contributed by atoms with Gasteiger partial charge in [0.1, 0.15) is 18.4 Å². The van der Waals surface area contributed by atoms with Gasteiger partial charge in [-0.2, -0.15) is 0 Å². The van der Waals surface area contributed by atoms with E-state index in [1.165, 1.54) is 12.3 Å². The van der Waals surface area contributed by atoms with Crippen molar-refractivity contribution in [2.75, 3.05) is 19.8 Å². The van der Waals surface area contributed by atoms with Crippen LogP contribution in [0.4, 0.5) is 4.79 Å². The topological polar surface area (TPSA) is 118 Å². The van der Waals surface area contributed by atoms with Crippen LogP contribution in [-0.4, -0.2) is 48.7 Å². The van der Waals surface area contributed by atoms with Gasteiger partial charge in [-0.15, -0.1) is 0 Å². The summed E-state index contributed by atoms with van der Waals surface area (Å²) in [5, 5.41) is 14.8. The van der Waals surface area contributed by atoms with Crippen LogP contribution < -0.4 is 10.6 Å². The van der Waals surface area contributed by atoms with Gasteiger partial charge in [0.25, 0.3) is 5.91 Å². The van der Waals surface area contributed by atoms with E-state index in [1.807, 2.05) is 48.5 Å². The summed E-state index contributed by atoms with van der Waals surface area (Å²) in [5.41, 5.74) is 2.75. The fraction of sp³-hybridized carbons (Fsp3) is 0.240. The zero-order valence-corrected chi connectivity index (χ0v) is 17.8. The molecule has 0 unspecified atom stereocenters. The zero-order chi connectivity index (χ0) is 23.3. The van der Waals surface area contributed by atoms with Crippen molar-refractivity contribution in [1.82, 2.24) is 10.6 Å². The van der Waals surface area contributed by atoms with Gasteiger partial charge < -0.3 is 29.7 Å². The Morgan fingerprint density at radius 1 is 1.03 bits per heavy atom. The van der Waals surface area contributed by atoms with Crippen LogP contribution in [0.1, 0.15) is 34.0 Å². The summed E-state index contributed by atoms with van der Waals surface area (Å²) in [6.07, 6.45) is 0.976. The van der Waals surface area contributed by atoms with Crippen molar-refractivity contribution in [3.63, 3.8) is 0 Å². The SMILES string of the molecule is O=C[C@](CO)(CCNC(=O)c1ccco1)NC(=O)OCC1c2ccccc2-c2ccccc21. The number of aldehydes is 1. The molecule has 3 N–H and O–H groups in total. The molecule has 33 heavy (non-hydrogen) atoms. The molecule has 1 aliphatic carbocycles. The molecule has 0 aliphatic heterocycles. The van der Waals surface area contributed by atoms with Crippen LogP contribution in [-0.2, 0) is 9.53 Å². The number of amides is 2. The molecule has 3 aromatic rings. The fourth-order valence-electron chi connectivity index (χ4n) is 4.04. The third-order valence-electron chi connectivity index (χ3n) is 5.80. The Morgan fingerprint density at radius 2 is 1.70 bits per heavy atom. The summed E-state index contributed by atoms with van der Waals surface area (Å²) in [6, 6.07) is 19.0. The summed E-state index contributed by atoms with van der Waals surface area (Å²) in [5.74, 6) is -0.463. The Morgan fingerprint density at radius 3 is 2.27 bits per heavy atom. The maximum Gasteiger partial charge on any atom is 0.408 e. The maximum absolute atomic E-state index is 12.5. The minimum Gasteiger partial charge on any atom is -0.459 e. The van der Waals surface area contributed by atoms with Crippen LogP contribution in [0.15, 0.2) is 71.3 Å². The number of aliphatic hydroxyl groups excluding tert-OH is 1.